The number of thiazole rings is 1. The molecule has 0 radical (unpaired) electrons. The summed E-state index contributed by atoms with van der Waals surface area (Å²) in [7, 11) is 0. The van der Waals surface area contributed by atoms with Gasteiger partial charge in [-0.2, -0.15) is 0 Å². The summed E-state index contributed by atoms with van der Waals surface area (Å²) >= 11 is 1.40. The van der Waals surface area contributed by atoms with Crippen molar-refractivity contribution < 1.29 is 9.18 Å². The van der Waals surface area contributed by atoms with Gasteiger partial charge in [0.25, 0.3) is 0 Å². The van der Waals surface area contributed by atoms with Crippen LogP contribution < -0.4 is 0 Å². The van der Waals surface area contributed by atoms with E-state index in [0.717, 1.165) is 10.4 Å². The van der Waals surface area contributed by atoms with E-state index in [2.05, 4.69) is 4.98 Å². The van der Waals surface area contributed by atoms with E-state index in [-0.39, 0.29) is 17.8 Å². The van der Waals surface area contributed by atoms with Crippen molar-refractivity contribution in [2.45, 2.75) is 13.3 Å². The molecule has 0 unspecified atom stereocenters. The molecular formula is C12H10FNOS. The standard InChI is InChI=1S/C12H10FNOS/c1-8-2-3-11(13)10(4-8)12(15)5-9-6-14-7-16-9/h2-4,6-7H,5H2,1H3. The van der Waals surface area contributed by atoms with Crippen molar-refractivity contribution in [1.82, 2.24) is 4.98 Å². The number of rotatable bonds is 3. The first-order valence-electron chi connectivity index (χ1n) is 4.83. The van der Waals surface area contributed by atoms with Crippen LogP contribution in [0.5, 0.6) is 0 Å². The van der Waals surface area contributed by atoms with E-state index in [4.69, 9.17) is 0 Å². The minimum absolute atomic E-state index is 0.161. The Labute approximate surface area is 96.8 Å². The lowest BCUT2D eigenvalue weighted by Crippen LogP contribution is -2.05. The fraction of sp³-hybridized carbons (Fsp3) is 0.167. The third-order valence-corrected chi connectivity index (χ3v) is 3.02. The van der Waals surface area contributed by atoms with Crippen molar-refractivity contribution in [3.63, 3.8) is 0 Å². The summed E-state index contributed by atoms with van der Waals surface area (Å²) in [5.41, 5.74) is 2.71. The van der Waals surface area contributed by atoms with E-state index < -0.39 is 5.82 Å². The van der Waals surface area contributed by atoms with Crippen LogP contribution in [0.2, 0.25) is 0 Å². The molecule has 0 bridgehead atoms. The summed E-state index contributed by atoms with van der Waals surface area (Å²) in [6.45, 7) is 1.84. The quantitative estimate of drug-likeness (QED) is 0.765. The van der Waals surface area contributed by atoms with E-state index in [1.807, 2.05) is 6.92 Å². The topological polar surface area (TPSA) is 30.0 Å². The van der Waals surface area contributed by atoms with Gasteiger partial charge in [0, 0.05) is 17.5 Å². The molecule has 0 aliphatic carbocycles. The number of carbonyl (C=O) groups is 1. The SMILES string of the molecule is Cc1ccc(F)c(C(=O)Cc2cncs2)c1. The molecule has 0 spiro atoms. The lowest BCUT2D eigenvalue weighted by atomic mass is 10.0. The average Bonchev–Trinajstić information content (AvgIpc) is 2.74. The molecule has 0 aliphatic rings. The van der Waals surface area contributed by atoms with Crippen LogP contribution >= 0.6 is 11.3 Å². The van der Waals surface area contributed by atoms with Crippen molar-refractivity contribution in [1.29, 1.82) is 0 Å². The van der Waals surface area contributed by atoms with Crippen LogP contribution in [0, 0.1) is 12.7 Å². The van der Waals surface area contributed by atoms with Gasteiger partial charge in [0.05, 0.1) is 11.1 Å². The van der Waals surface area contributed by atoms with Gasteiger partial charge in [0.1, 0.15) is 5.82 Å². The van der Waals surface area contributed by atoms with E-state index in [9.17, 15) is 9.18 Å². The molecule has 2 aromatic rings. The fourth-order valence-corrected chi connectivity index (χ4v) is 2.03. The van der Waals surface area contributed by atoms with Gasteiger partial charge in [-0.3, -0.25) is 9.78 Å². The van der Waals surface area contributed by atoms with E-state index in [1.54, 1.807) is 23.8 Å². The van der Waals surface area contributed by atoms with Crippen molar-refractivity contribution in [3.05, 3.63) is 51.7 Å². The first kappa shape index (κ1) is 11.0. The number of halogens is 1. The number of aryl methyl sites for hydroxylation is 1. The molecule has 1 aromatic carbocycles. The Hall–Kier alpha value is -1.55. The number of Topliss-reactive ketones (excluding diaryl/α,β-unsaturated/α-hetero) is 1. The summed E-state index contributed by atoms with van der Waals surface area (Å²) in [6.07, 6.45) is 1.85. The van der Waals surface area contributed by atoms with E-state index in [1.165, 1.54) is 17.4 Å². The second-order valence-corrected chi connectivity index (χ2v) is 4.52. The Balaban J connectivity index is 2.24. The van der Waals surface area contributed by atoms with Crippen LogP contribution in [0.1, 0.15) is 20.8 Å². The number of carbonyl (C=O) groups excluding carboxylic acids is 1. The van der Waals surface area contributed by atoms with Crippen molar-refractivity contribution in [2.75, 3.05) is 0 Å². The Morgan fingerprint density at radius 3 is 3.00 bits per heavy atom. The second kappa shape index (κ2) is 4.53. The summed E-state index contributed by atoms with van der Waals surface area (Å²) in [6, 6.07) is 4.56. The highest BCUT2D eigenvalue weighted by atomic mass is 32.1. The number of ketones is 1. The summed E-state index contributed by atoms with van der Waals surface area (Å²) in [5, 5.41) is 0. The van der Waals surface area contributed by atoms with Crippen molar-refractivity contribution in [2.24, 2.45) is 0 Å². The van der Waals surface area contributed by atoms with Gasteiger partial charge in [0.2, 0.25) is 0 Å². The van der Waals surface area contributed by atoms with Crippen LogP contribution in [0.15, 0.2) is 29.9 Å². The van der Waals surface area contributed by atoms with Gasteiger partial charge in [-0.05, 0) is 19.1 Å². The van der Waals surface area contributed by atoms with Crippen LogP contribution in [-0.4, -0.2) is 10.8 Å². The molecule has 0 amide bonds. The smallest absolute Gasteiger partial charge is 0.171 e. The number of hydrogen-bond donors (Lipinski definition) is 0. The predicted molar refractivity (Wildman–Crippen MR) is 61.3 cm³/mol. The molecule has 0 N–H and O–H groups in total. The zero-order valence-corrected chi connectivity index (χ0v) is 9.55. The molecule has 2 nitrogen and oxygen atoms in total. The van der Waals surface area contributed by atoms with Crippen LogP contribution in [0.3, 0.4) is 0 Å². The summed E-state index contributed by atoms with van der Waals surface area (Å²) in [4.78, 5) is 16.6. The third kappa shape index (κ3) is 2.33. The second-order valence-electron chi connectivity index (χ2n) is 3.55. The zero-order chi connectivity index (χ0) is 11.5. The molecule has 0 saturated heterocycles. The number of hydrogen-bond acceptors (Lipinski definition) is 3. The molecule has 0 atom stereocenters. The molecule has 82 valence electrons. The molecular weight excluding hydrogens is 225 g/mol. The zero-order valence-electron chi connectivity index (χ0n) is 8.74. The maximum absolute atomic E-state index is 13.4. The maximum Gasteiger partial charge on any atom is 0.171 e. The molecule has 2 rings (SSSR count). The highest BCUT2D eigenvalue weighted by molar-refractivity contribution is 7.09. The third-order valence-electron chi connectivity index (χ3n) is 2.24. The summed E-state index contributed by atoms with van der Waals surface area (Å²) in [5.74, 6) is -0.662. The Bertz CT molecular complexity index is 508. The first-order chi connectivity index (χ1) is 7.66. The fourth-order valence-electron chi connectivity index (χ4n) is 1.44. The Kier molecular flexibility index (Phi) is 3.10. The van der Waals surface area contributed by atoms with Crippen molar-refractivity contribution >= 4 is 17.1 Å². The molecule has 1 heterocycles. The van der Waals surface area contributed by atoms with Gasteiger partial charge in [-0.15, -0.1) is 11.3 Å². The number of nitrogens with zero attached hydrogens (tertiary/aromatic N) is 1. The van der Waals surface area contributed by atoms with Gasteiger partial charge in [0.15, 0.2) is 5.78 Å². The normalized spacial score (nSPS) is 10.4. The molecule has 16 heavy (non-hydrogen) atoms. The van der Waals surface area contributed by atoms with Gasteiger partial charge < -0.3 is 0 Å². The van der Waals surface area contributed by atoms with Gasteiger partial charge in [-0.25, -0.2) is 4.39 Å². The van der Waals surface area contributed by atoms with Crippen molar-refractivity contribution in [3.8, 4) is 0 Å². The highest BCUT2D eigenvalue weighted by Crippen LogP contribution is 2.15. The monoisotopic (exact) mass is 235 g/mol. The minimum atomic E-state index is -0.458. The molecule has 1 aromatic heterocycles. The van der Waals surface area contributed by atoms with Crippen LogP contribution in [-0.2, 0) is 6.42 Å². The molecule has 0 fully saturated rings. The molecule has 0 saturated carbocycles. The van der Waals surface area contributed by atoms with E-state index >= 15 is 0 Å². The highest BCUT2D eigenvalue weighted by Gasteiger charge is 2.13. The lowest BCUT2D eigenvalue weighted by Gasteiger charge is -2.02. The Morgan fingerprint density at radius 1 is 1.50 bits per heavy atom. The average molecular weight is 235 g/mol. The number of aromatic nitrogens is 1. The lowest BCUT2D eigenvalue weighted by molar-refractivity contribution is 0.0990. The summed E-state index contributed by atoms with van der Waals surface area (Å²) < 4.78 is 13.4. The van der Waals surface area contributed by atoms with Crippen LogP contribution in [0.4, 0.5) is 4.39 Å². The predicted octanol–water partition coefficient (Wildman–Crippen LogP) is 3.02. The Morgan fingerprint density at radius 2 is 2.31 bits per heavy atom. The van der Waals surface area contributed by atoms with Crippen LogP contribution in [0.25, 0.3) is 0 Å². The first-order valence-corrected chi connectivity index (χ1v) is 5.71. The van der Waals surface area contributed by atoms with E-state index in [0.29, 0.717) is 0 Å². The molecule has 4 heteroatoms. The van der Waals surface area contributed by atoms with Gasteiger partial charge >= 0.3 is 0 Å². The van der Waals surface area contributed by atoms with Gasteiger partial charge in [-0.1, -0.05) is 11.6 Å². The molecule has 0 aliphatic heterocycles. The largest absolute Gasteiger partial charge is 0.294 e. The maximum atomic E-state index is 13.4. The minimum Gasteiger partial charge on any atom is -0.294 e. The number of benzene rings is 1.